The molecule has 300 valence electrons. The monoisotopic (exact) mass is 766 g/mol. The van der Waals surface area contributed by atoms with E-state index in [1.54, 1.807) is 0 Å². The Morgan fingerprint density at radius 2 is 0.571 bits per heavy atom. The van der Waals surface area contributed by atoms with Gasteiger partial charge in [0.15, 0.2) is 19.8 Å². The van der Waals surface area contributed by atoms with Gasteiger partial charge in [-0.1, -0.05) is 74.5 Å². The van der Waals surface area contributed by atoms with Crippen LogP contribution in [0.3, 0.4) is 0 Å². The Kier molecular flexibility index (Phi) is 13.4. The Hall–Kier alpha value is -5.31. The van der Waals surface area contributed by atoms with Gasteiger partial charge in [-0.2, -0.15) is 0 Å². The van der Waals surface area contributed by atoms with Gasteiger partial charge in [-0.05, 0) is 133 Å². The summed E-state index contributed by atoms with van der Waals surface area (Å²) >= 11 is 0. The first-order valence-corrected chi connectivity index (χ1v) is 18.9. The van der Waals surface area contributed by atoms with Gasteiger partial charge in [0.2, 0.25) is 0 Å². The van der Waals surface area contributed by atoms with Crippen molar-refractivity contribution in [2.45, 2.75) is 111 Å². The van der Waals surface area contributed by atoms with Crippen molar-refractivity contribution in [2.24, 2.45) is 0 Å². The molecule has 9 nitrogen and oxygen atoms in total. The number of benzene rings is 4. The average Bonchev–Trinajstić information content (AvgIpc) is 3.10. The maximum Gasteiger partial charge on any atom is 0.344 e. The van der Waals surface area contributed by atoms with Crippen molar-refractivity contribution in [1.82, 2.24) is 0 Å². The van der Waals surface area contributed by atoms with Crippen molar-refractivity contribution >= 4 is 17.9 Å². The fourth-order valence-electron chi connectivity index (χ4n) is 6.16. The number of carbonyl (C=O) groups excluding carboxylic acids is 3. The molecule has 4 aromatic carbocycles. The van der Waals surface area contributed by atoms with E-state index in [2.05, 4.69) is 45.0 Å². The van der Waals surface area contributed by atoms with Crippen LogP contribution < -0.4 is 14.2 Å². The summed E-state index contributed by atoms with van der Waals surface area (Å²) in [5.41, 5.74) is 2.50. The molecule has 4 aromatic rings. The number of esters is 3. The molecular weight excluding hydrogens is 709 g/mol. The molecule has 0 aliphatic heterocycles. The van der Waals surface area contributed by atoms with Crippen molar-refractivity contribution in [3.05, 3.63) is 125 Å². The molecule has 0 fully saturated rings. The predicted octanol–water partition coefficient (Wildman–Crippen LogP) is 9.53. The lowest BCUT2D eigenvalue weighted by molar-refractivity contribution is -0.158. The highest BCUT2D eigenvalue weighted by Gasteiger charge is 2.33. The van der Waals surface area contributed by atoms with E-state index in [4.69, 9.17) is 28.4 Å². The minimum Gasteiger partial charge on any atom is -0.482 e. The highest BCUT2D eigenvalue weighted by molar-refractivity contribution is 5.72. The van der Waals surface area contributed by atoms with Crippen LogP contribution in [-0.2, 0) is 39.4 Å². The van der Waals surface area contributed by atoms with Crippen molar-refractivity contribution in [3.63, 3.8) is 0 Å². The number of rotatable bonds is 14. The molecule has 0 amide bonds. The Bertz CT molecular complexity index is 1850. The van der Waals surface area contributed by atoms with Crippen LogP contribution in [0.15, 0.2) is 97.1 Å². The fourth-order valence-corrected chi connectivity index (χ4v) is 6.16. The lowest BCUT2D eigenvalue weighted by atomic mass is 9.70. The van der Waals surface area contributed by atoms with E-state index < -0.39 is 40.1 Å². The second-order valence-corrected chi connectivity index (χ2v) is 17.5. The molecule has 56 heavy (non-hydrogen) atoms. The van der Waals surface area contributed by atoms with Crippen molar-refractivity contribution < 1.29 is 42.8 Å². The summed E-state index contributed by atoms with van der Waals surface area (Å²) in [6.45, 7) is 22.3. The minimum atomic E-state index is -0.622. The third-order valence-electron chi connectivity index (χ3n) is 8.95. The number of hydrogen-bond donors (Lipinski definition) is 0. The van der Waals surface area contributed by atoms with E-state index in [1.165, 1.54) is 0 Å². The first-order valence-electron chi connectivity index (χ1n) is 18.9. The number of ether oxygens (including phenoxy) is 6. The highest BCUT2D eigenvalue weighted by Crippen LogP contribution is 2.41. The van der Waals surface area contributed by atoms with Gasteiger partial charge in [0.1, 0.15) is 34.1 Å². The zero-order valence-electron chi connectivity index (χ0n) is 35.0. The molecule has 0 radical (unpaired) electrons. The van der Waals surface area contributed by atoms with Crippen LogP contribution in [0.25, 0.3) is 0 Å². The molecule has 0 bridgehead atoms. The Morgan fingerprint density at radius 1 is 0.357 bits per heavy atom. The maximum atomic E-state index is 12.3. The van der Waals surface area contributed by atoms with Crippen LogP contribution in [0.4, 0.5) is 0 Å². The molecule has 0 heterocycles. The molecule has 0 atom stereocenters. The Labute approximate surface area is 332 Å². The van der Waals surface area contributed by atoms with E-state index in [0.717, 1.165) is 27.8 Å². The summed E-state index contributed by atoms with van der Waals surface area (Å²) in [6, 6.07) is 31.8. The van der Waals surface area contributed by atoms with Gasteiger partial charge in [-0.15, -0.1) is 0 Å². The van der Waals surface area contributed by atoms with E-state index in [0.29, 0.717) is 17.2 Å². The van der Waals surface area contributed by atoms with Crippen LogP contribution in [0, 0.1) is 0 Å². The quantitative estimate of drug-likeness (QED) is 0.0705. The van der Waals surface area contributed by atoms with Gasteiger partial charge in [-0.25, -0.2) is 14.4 Å². The van der Waals surface area contributed by atoms with Crippen molar-refractivity contribution in [3.8, 4) is 17.2 Å². The molecular formula is C47H58O9. The molecule has 4 rings (SSSR count). The number of hydrogen-bond acceptors (Lipinski definition) is 9. The molecule has 0 saturated carbocycles. The molecule has 0 saturated heterocycles. The SMILES string of the molecule is CC(C)(C)OC(=O)COc1ccc(C(C)(C)c2ccc(C(C)(c3ccc(OCC(=O)OC(C)(C)C)cc3)c3ccc(OCC(=O)OC(C)(C)C)cc3)cc2)cc1. The Balaban J connectivity index is 1.59. The summed E-state index contributed by atoms with van der Waals surface area (Å²) in [4.78, 5) is 36.7. The average molecular weight is 767 g/mol. The van der Waals surface area contributed by atoms with Crippen molar-refractivity contribution in [1.29, 1.82) is 0 Å². The first kappa shape index (κ1) is 43.4. The molecule has 0 unspecified atom stereocenters. The summed E-state index contributed by atoms with van der Waals surface area (Å²) in [5, 5.41) is 0. The lowest BCUT2D eigenvalue weighted by Gasteiger charge is -2.33. The van der Waals surface area contributed by atoms with Gasteiger partial charge in [-0.3, -0.25) is 0 Å². The van der Waals surface area contributed by atoms with Crippen LogP contribution >= 0.6 is 0 Å². The van der Waals surface area contributed by atoms with Crippen molar-refractivity contribution in [2.75, 3.05) is 19.8 Å². The van der Waals surface area contributed by atoms with Gasteiger partial charge in [0, 0.05) is 10.8 Å². The fraction of sp³-hybridized carbons (Fsp3) is 0.426. The summed E-state index contributed by atoms with van der Waals surface area (Å²) in [7, 11) is 0. The largest absolute Gasteiger partial charge is 0.482 e. The summed E-state index contributed by atoms with van der Waals surface area (Å²) in [5.74, 6) is 0.386. The van der Waals surface area contributed by atoms with Crippen LogP contribution in [0.1, 0.15) is 111 Å². The third kappa shape index (κ3) is 12.4. The smallest absolute Gasteiger partial charge is 0.344 e. The molecule has 0 aliphatic rings. The first-order chi connectivity index (χ1) is 25.9. The topological polar surface area (TPSA) is 107 Å². The van der Waals surface area contributed by atoms with Crippen LogP contribution in [-0.4, -0.2) is 54.5 Å². The zero-order chi connectivity index (χ0) is 41.5. The zero-order valence-corrected chi connectivity index (χ0v) is 35.0. The number of carbonyl (C=O) groups is 3. The Morgan fingerprint density at radius 3 is 0.821 bits per heavy atom. The normalized spacial score (nSPS) is 12.4. The molecule has 0 spiro atoms. The van der Waals surface area contributed by atoms with E-state index in [9.17, 15) is 14.4 Å². The van der Waals surface area contributed by atoms with Crippen LogP contribution in [0.5, 0.6) is 17.2 Å². The van der Waals surface area contributed by atoms with E-state index >= 15 is 0 Å². The lowest BCUT2D eigenvalue weighted by Crippen LogP contribution is -2.28. The molecule has 0 N–H and O–H groups in total. The standard InChI is InChI=1S/C47H58O9/c1-43(2,3)54-40(48)29-51-37-23-17-33(18-24-37)46(10,11)32-13-15-34(16-14-32)47(12,35-19-25-38(26-20-35)52-30-41(49)55-44(4,5)6)36-21-27-39(28-22-36)53-31-42(50)56-45(7,8)9/h13-28H,29-31H2,1-12H3. The maximum absolute atomic E-state index is 12.3. The minimum absolute atomic E-state index is 0.163. The highest BCUT2D eigenvalue weighted by atomic mass is 16.6. The second-order valence-electron chi connectivity index (χ2n) is 17.5. The predicted molar refractivity (Wildman–Crippen MR) is 217 cm³/mol. The van der Waals surface area contributed by atoms with Gasteiger partial charge in [0.25, 0.3) is 0 Å². The van der Waals surface area contributed by atoms with E-state index in [-0.39, 0.29) is 25.2 Å². The molecule has 0 aliphatic carbocycles. The third-order valence-corrected chi connectivity index (χ3v) is 8.95. The summed E-state index contributed by atoms with van der Waals surface area (Å²) in [6.07, 6.45) is 0. The van der Waals surface area contributed by atoms with E-state index in [1.807, 2.05) is 135 Å². The molecule has 0 aromatic heterocycles. The van der Waals surface area contributed by atoms with Gasteiger partial charge in [0.05, 0.1) is 0 Å². The van der Waals surface area contributed by atoms with Gasteiger partial charge < -0.3 is 28.4 Å². The molecule has 9 heteroatoms. The second kappa shape index (κ2) is 17.2. The van der Waals surface area contributed by atoms with Crippen LogP contribution in [0.2, 0.25) is 0 Å². The van der Waals surface area contributed by atoms with Gasteiger partial charge >= 0.3 is 17.9 Å². The summed E-state index contributed by atoms with van der Waals surface area (Å²) < 4.78 is 33.4.